The molecule has 1 saturated heterocycles. The Morgan fingerprint density at radius 3 is 2.88 bits per heavy atom. The van der Waals surface area contributed by atoms with Gasteiger partial charge in [0.15, 0.2) is 0 Å². The summed E-state index contributed by atoms with van der Waals surface area (Å²) in [5.41, 5.74) is 2.00. The molecule has 0 aliphatic carbocycles. The lowest BCUT2D eigenvalue weighted by atomic mass is 10.0. The van der Waals surface area contributed by atoms with Crippen LogP contribution in [0.25, 0.3) is 0 Å². The number of aryl methyl sites for hydroxylation is 1. The Morgan fingerprint density at radius 1 is 1.38 bits per heavy atom. The van der Waals surface area contributed by atoms with Crippen LogP contribution >= 0.6 is 11.3 Å². The Hall–Kier alpha value is -1.92. The zero-order valence-corrected chi connectivity index (χ0v) is 15.2. The number of para-hydroxylation sites is 1. The minimum atomic E-state index is 0.147. The topological polar surface area (TPSA) is 45.7 Å². The Bertz CT molecular complexity index is 716. The molecule has 6 heteroatoms. The Morgan fingerprint density at radius 2 is 2.17 bits per heavy atom. The average Bonchev–Trinajstić information content (AvgIpc) is 3.00. The summed E-state index contributed by atoms with van der Waals surface area (Å²) in [5.74, 6) is 1.02. The molecule has 1 fully saturated rings. The molecule has 0 bridgehead atoms. The Kier molecular flexibility index (Phi) is 5.16. The van der Waals surface area contributed by atoms with Gasteiger partial charge in [0.05, 0.1) is 30.3 Å². The van der Waals surface area contributed by atoms with Crippen molar-refractivity contribution in [2.24, 2.45) is 0 Å². The Balaban J connectivity index is 1.74. The molecule has 0 saturated carbocycles. The second-order valence-corrected chi connectivity index (χ2v) is 7.17. The van der Waals surface area contributed by atoms with Crippen molar-refractivity contribution in [3.05, 3.63) is 45.9 Å². The quantitative estimate of drug-likeness (QED) is 0.854. The summed E-state index contributed by atoms with van der Waals surface area (Å²) < 4.78 is 5.50. The third-order valence-electron chi connectivity index (χ3n) is 4.50. The van der Waals surface area contributed by atoms with Gasteiger partial charge in [-0.15, -0.1) is 11.3 Å². The number of aromatic nitrogens is 1. The highest BCUT2D eigenvalue weighted by Gasteiger charge is 2.30. The molecular weight excluding hydrogens is 322 g/mol. The predicted molar refractivity (Wildman–Crippen MR) is 95.5 cm³/mol. The summed E-state index contributed by atoms with van der Waals surface area (Å²) >= 11 is 1.59. The van der Waals surface area contributed by atoms with Gasteiger partial charge in [-0.25, -0.2) is 4.98 Å². The van der Waals surface area contributed by atoms with Gasteiger partial charge < -0.3 is 9.64 Å². The van der Waals surface area contributed by atoms with Crippen molar-refractivity contribution in [3.63, 3.8) is 0 Å². The highest BCUT2D eigenvalue weighted by Crippen LogP contribution is 2.31. The number of carbonyl (C=O) groups is 1. The van der Waals surface area contributed by atoms with E-state index in [1.165, 1.54) is 0 Å². The van der Waals surface area contributed by atoms with E-state index in [0.29, 0.717) is 13.0 Å². The second kappa shape index (κ2) is 7.32. The molecule has 1 aromatic carbocycles. The van der Waals surface area contributed by atoms with Gasteiger partial charge in [-0.3, -0.25) is 9.69 Å². The number of carbonyl (C=O) groups excluding carboxylic acids is 1. The molecule has 0 unspecified atom stereocenters. The molecule has 1 aromatic heterocycles. The molecule has 1 amide bonds. The van der Waals surface area contributed by atoms with Crippen molar-refractivity contribution >= 4 is 17.2 Å². The number of nitrogens with zero attached hydrogens (tertiary/aromatic N) is 3. The maximum atomic E-state index is 12.7. The van der Waals surface area contributed by atoms with Gasteiger partial charge in [0.2, 0.25) is 5.91 Å². The van der Waals surface area contributed by atoms with Gasteiger partial charge in [-0.2, -0.15) is 0 Å². The summed E-state index contributed by atoms with van der Waals surface area (Å²) in [7, 11) is 3.79. The number of benzene rings is 1. The van der Waals surface area contributed by atoms with E-state index in [-0.39, 0.29) is 11.9 Å². The van der Waals surface area contributed by atoms with Crippen LogP contribution in [0.2, 0.25) is 0 Å². The molecule has 1 aliphatic heterocycles. The standard InChI is InChI=1S/C18H23N3O2S/c1-13-19-14(12-24-13)10-18(22)21-9-8-20(2)16(11-21)15-6-4-5-7-17(15)23-3/h4-7,12,16H,8-11H2,1-3H3/t16-/m0/s1. The maximum absolute atomic E-state index is 12.7. The van der Waals surface area contributed by atoms with E-state index in [1.54, 1.807) is 18.4 Å². The van der Waals surface area contributed by atoms with Gasteiger partial charge in [-0.05, 0) is 20.0 Å². The lowest BCUT2D eigenvalue weighted by Gasteiger charge is -2.40. The van der Waals surface area contributed by atoms with E-state index in [0.717, 1.165) is 35.1 Å². The SMILES string of the molecule is COc1ccccc1[C@@H]1CN(C(=O)Cc2csc(C)n2)CCN1C. The highest BCUT2D eigenvalue weighted by atomic mass is 32.1. The largest absolute Gasteiger partial charge is 0.496 e. The van der Waals surface area contributed by atoms with Crippen molar-refractivity contribution in [2.75, 3.05) is 33.8 Å². The van der Waals surface area contributed by atoms with Crippen LogP contribution in [-0.4, -0.2) is 54.5 Å². The van der Waals surface area contributed by atoms with Gasteiger partial charge in [0, 0.05) is 30.6 Å². The zero-order valence-electron chi connectivity index (χ0n) is 14.4. The fraction of sp³-hybridized carbons (Fsp3) is 0.444. The Labute approximate surface area is 146 Å². The van der Waals surface area contributed by atoms with E-state index in [4.69, 9.17) is 4.74 Å². The minimum absolute atomic E-state index is 0.147. The van der Waals surface area contributed by atoms with Crippen LogP contribution in [0.5, 0.6) is 5.75 Å². The van der Waals surface area contributed by atoms with Crippen molar-refractivity contribution in [1.82, 2.24) is 14.8 Å². The molecular formula is C18H23N3O2S. The van der Waals surface area contributed by atoms with Gasteiger partial charge in [0.25, 0.3) is 0 Å². The molecule has 0 spiro atoms. The number of piperazine rings is 1. The normalized spacial score (nSPS) is 18.6. The molecule has 128 valence electrons. The first-order valence-corrected chi connectivity index (χ1v) is 8.98. The summed E-state index contributed by atoms with van der Waals surface area (Å²) in [4.78, 5) is 21.3. The molecule has 1 aliphatic rings. The average molecular weight is 345 g/mol. The summed E-state index contributed by atoms with van der Waals surface area (Å²) in [6.45, 7) is 4.25. The number of hydrogen-bond donors (Lipinski definition) is 0. The predicted octanol–water partition coefficient (Wildman–Crippen LogP) is 2.52. The number of methoxy groups -OCH3 is 1. The van der Waals surface area contributed by atoms with Gasteiger partial charge in [-0.1, -0.05) is 18.2 Å². The molecule has 0 N–H and O–H groups in total. The number of rotatable bonds is 4. The fourth-order valence-corrected chi connectivity index (χ4v) is 3.75. The van der Waals surface area contributed by atoms with Crippen LogP contribution in [0.3, 0.4) is 0 Å². The second-order valence-electron chi connectivity index (χ2n) is 6.11. The number of thiazole rings is 1. The lowest BCUT2D eigenvalue weighted by Crippen LogP contribution is -2.49. The monoisotopic (exact) mass is 345 g/mol. The van der Waals surface area contributed by atoms with Gasteiger partial charge in [0.1, 0.15) is 5.75 Å². The fourth-order valence-electron chi connectivity index (χ4n) is 3.13. The first-order chi connectivity index (χ1) is 11.6. The first kappa shape index (κ1) is 16.9. The molecule has 3 rings (SSSR count). The molecule has 0 radical (unpaired) electrons. The van der Waals surface area contributed by atoms with Crippen molar-refractivity contribution < 1.29 is 9.53 Å². The number of amides is 1. The van der Waals surface area contributed by atoms with E-state index in [1.807, 2.05) is 35.4 Å². The highest BCUT2D eigenvalue weighted by molar-refractivity contribution is 7.09. The van der Waals surface area contributed by atoms with Crippen molar-refractivity contribution in [1.29, 1.82) is 0 Å². The lowest BCUT2D eigenvalue weighted by molar-refractivity contribution is -0.133. The van der Waals surface area contributed by atoms with E-state index >= 15 is 0 Å². The van der Waals surface area contributed by atoms with E-state index < -0.39 is 0 Å². The third kappa shape index (κ3) is 3.60. The molecule has 2 aromatic rings. The number of likely N-dealkylation sites (N-methyl/N-ethyl adjacent to an activating group) is 1. The van der Waals surface area contributed by atoms with Crippen LogP contribution in [0.4, 0.5) is 0 Å². The molecule has 24 heavy (non-hydrogen) atoms. The molecule has 2 heterocycles. The van der Waals surface area contributed by atoms with Crippen LogP contribution in [0, 0.1) is 6.92 Å². The summed E-state index contributed by atoms with van der Waals surface area (Å²) in [6.07, 6.45) is 0.382. The van der Waals surface area contributed by atoms with Crippen LogP contribution < -0.4 is 4.74 Å². The van der Waals surface area contributed by atoms with Crippen LogP contribution in [0.1, 0.15) is 22.3 Å². The minimum Gasteiger partial charge on any atom is -0.496 e. The van der Waals surface area contributed by atoms with Crippen molar-refractivity contribution in [2.45, 2.75) is 19.4 Å². The summed E-state index contributed by atoms with van der Waals surface area (Å²) in [5, 5.41) is 2.98. The number of hydrogen-bond acceptors (Lipinski definition) is 5. The van der Waals surface area contributed by atoms with Gasteiger partial charge >= 0.3 is 0 Å². The maximum Gasteiger partial charge on any atom is 0.228 e. The van der Waals surface area contributed by atoms with Crippen molar-refractivity contribution in [3.8, 4) is 5.75 Å². The molecule has 5 nitrogen and oxygen atoms in total. The smallest absolute Gasteiger partial charge is 0.228 e. The van der Waals surface area contributed by atoms with Crippen LogP contribution in [-0.2, 0) is 11.2 Å². The molecule has 1 atom stereocenters. The summed E-state index contributed by atoms with van der Waals surface area (Å²) in [6, 6.07) is 8.19. The third-order valence-corrected chi connectivity index (χ3v) is 5.32. The first-order valence-electron chi connectivity index (χ1n) is 8.10. The zero-order chi connectivity index (χ0) is 17.1. The van der Waals surface area contributed by atoms with E-state index in [9.17, 15) is 4.79 Å². The number of ether oxygens (including phenoxy) is 1. The van der Waals surface area contributed by atoms with Crippen LogP contribution in [0.15, 0.2) is 29.6 Å². The van der Waals surface area contributed by atoms with E-state index in [2.05, 4.69) is 23.0 Å².